The number of amides is 1. The van der Waals surface area contributed by atoms with Gasteiger partial charge in [0.25, 0.3) is 7.82 Å². The Morgan fingerprint density at radius 1 is 0.466 bits per heavy atom. The molecule has 73 heavy (non-hydrogen) atoms. The molecule has 9 heteroatoms. The molecule has 8 nitrogen and oxygen atoms in total. The first-order valence-electron chi connectivity index (χ1n) is 31.5. The third-order valence-corrected chi connectivity index (χ3v) is 15.2. The Morgan fingerprint density at radius 2 is 0.767 bits per heavy atom. The zero-order chi connectivity index (χ0) is 53.5. The summed E-state index contributed by atoms with van der Waals surface area (Å²) >= 11 is 0. The van der Waals surface area contributed by atoms with Gasteiger partial charge in [0, 0.05) is 6.42 Å². The number of aliphatic hydroxyl groups excluding tert-OH is 1. The molecular formula is C64H123N2O6P. The van der Waals surface area contributed by atoms with Gasteiger partial charge in [0.2, 0.25) is 5.91 Å². The maximum atomic E-state index is 13.0. The summed E-state index contributed by atoms with van der Waals surface area (Å²) in [5.74, 6) is -0.211. The largest absolute Gasteiger partial charge is 0.756 e. The molecule has 430 valence electrons. The monoisotopic (exact) mass is 1050 g/mol. The first-order chi connectivity index (χ1) is 35.5. The molecule has 3 atom stereocenters. The van der Waals surface area contributed by atoms with Crippen LogP contribution in [0.3, 0.4) is 0 Å². The molecule has 0 aliphatic rings. The second-order valence-corrected chi connectivity index (χ2v) is 24.2. The summed E-state index contributed by atoms with van der Waals surface area (Å²) in [5.41, 5.74) is 0. The lowest BCUT2D eigenvalue weighted by molar-refractivity contribution is -0.870. The summed E-state index contributed by atoms with van der Waals surface area (Å²) in [7, 11) is 1.24. The van der Waals surface area contributed by atoms with Gasteiger partial charge in [0.1, 0.15) is 13.2 Å². The molecule has 0 aliphatic carbocycles. The fraction of sp³-hybridized carbons (Fsp3) is 0.859. The van der Waals surface area contributed by atoms with Gasteiger partial charge in [0.15, 0.2) is 0 Å². The van der Waals surface area contributed by atoms with Crippen molar-refractivity contribution in [1.82, 2.24) is 5.32 Å². The van der Waals surface area contributed by atoms with Gasteiger partial charge in [-0.05, 0) is 70.6 Å². The average Bonchev–Trinajstić information content (AvgIpc) is 3.35. The van der Waals surface area contributed by atoms with Crippen molar-refractivity contribution in [3.63, 3.8) is 0 Å². The topological polar surface area (TPSA) is 108 Å². The lowest BCUT2D eigenvalue weighted by atomic mass is 10.0. The summed E-state index contributed by atoms with van der Waals surface area (Å²) in [6.07, 6.45) is 73.6. The normalized spacial score (nSPS) is 14.1. The molecule has 2 N–H and O–H groups in total. The van der Waals surface area contributed by atoms with Gasteiger partial charge < -0.3 is 28.8 Å². The van der Waals surface area contributed by atoms with Crippen LogP contribution >= 0.6 is 7.82 Å². The van der Waals surface area contributed by atoms with E-state index in [-0.39, 0.29) is 12.5 Å². The molecule has 0 bridgehead atoms. The Bertz CT molecular complexity index is 1330. The van der Waals surface area contributed by atoms with Crippen molar-refractivity contribution in [1.29, 1.82) is 0 Å². The van der Waals surface area contributed by atoms with E-state index in [2.05, 4.69) is 55.6 Å². The molecule has 0 radical (unpaired) electrons. The van der Waals surface area contributed by atoms with Crippen molar-refractivity contribution in [2.24, 2.45) is 0 Å². The summed E-state index contributed by atoms with van der Waals surface area (Å²) in [5, 5.41) is 13.9. The smallest absolute Gasteiger partial charge is 0.268 e. The molecular weight excluding hydrogens is 924 g/mol. The van der Waals surface area contributed by atoms with Gasteiger partial charge in [-0.1, -0.05) is 274 Å². The SMILES string of the molecule is CCCCCCCC/C=C\CCCCCCCCCCCC(=O)NC(COP(=O)([O-])OCC[N+](C)(C)C)C(O)/C=C/CC/C=C/CC/C=C/CCCCCCCCCCCCCCCCCCCCCCCC. The van der Waals surface area contributed by atoms with E-state index in [1.54, 1.807) is 6.08 Å². The summed E-state index contributed by atoms with van der Waals surface area (Å²) < 4.78 is 23.4. The minimum atomic E-state index is -4.61. The van der Waals surface area contributed by atoms with Gasteiger partial charge in [0.05, 0.1) is 39.9 Å². The first-order valence-corrected chi connectivity index (χ1v) is 33.0. The number of unbranched alkanes of at least 4 members (excludes halogenated alkanes) is 39. The van der Waals surface area contributed by atoms with Gasteiger partial charge in [-0.25, -0.2) is 0 Å². The summed E-state index contributed by atoms with van der Waals surface area (Å²) in [4.78, 5) is 25.5. The zero-order valence-electron chi connectivity index (χ0n) is 49.1. The molecule has 0 heterocycles. The molecule has 0 rings (SSSR count). The highest BCUT2D eigenvalue weighted by Gasteiger charge is 2.23. The standard InChI is InChI=1S/C64H123N2O6P/c1-6-8-10-12-14-16-18-20-22-24-26-27-28-29-30-31-32-33-34-35-36-37-38-40-41-43-45-47-49-51-53-55-57-63(67)62(61-72-73(69,70)71-60-59-66(3,4)5)65-64(68)58-56-54-52-50-48-46-44-42-39-25-23-21-19-17-15-13-11-9-7-2/h21,23,40-41,47,49,55,57,62-63,67H,6-20,22,24-39,42-46,48,50-54,56,58-61H2,1-5H3,(H-,65,68,69,70)/b23-21-,41-40+,49-47+,57-55+. The van der Waals surface area contributed by atoms with Crippen LogP contribution in [0.25, 0.3) is 0 Å². The molecule has 0 aliphatic heterocycles. The van der Waals surface area contributed by atoms with Crippen LogP contribution in [0.15, 0.2) is 48.6 Å². The van der Waals surface area contributed by atoms with Crippen molar-refractivity contribution in [3.05, 3.63) is 48.6 Å². The van der Waals surface area contributed by atoms with Crippen molar-refractivity contribution in [2.45, 2.75) is 315 Å². The summed E-state index contributed by atoms with van der Waals surface area (Å²) in [6, 6.07) is -0.912. The van der Waals surface area contributed by atoms with Crippen molar-refractivity contribution >= 4 is 13.7 Å². The second-order valence-electron chi connectivity index (χ2n) is 22.7. The minimum absolute atomic E-state index is 0.00966. The highest BCUT2D eigenvalue weighted by atomic mass is 31.2. The molecule has 0 saturated heterocycles. The van der Waals surface area contributed by atoms with E-state index in [1.165, 1.54) is 238 Å². The molecule has 0 aromatic rings. The van der Waals surface area contributed by atoms with Crippen LogP contribution in [0.5, 0.6) is 0 Å². The average molecular weight is 1050 g/mol. The van der Waals surface area contributed by atoms with Crippen LogP contribution in [0.1, 0.15) is 303 Å². The zero-order valence-corrected chi connectivity index (χ0v) is 50.0. The molecule has 0 saturated carbocycles. The number of likely N-dealkylation sites (N-methyl/N-ethyl adjacent to an activating group) is 1. The van der Waals surface area contributed by atoms with Gasteiger partial charge in [-0.2, -0.15) is 0 Å². The van der Waals surface area contributed by atoms with Gasteiger partial charge in [-0.15, -0.1) is 0 Å². The van der Waals surface area contributed by atoms with E-state index in [4.69, 9.17) is 9.05 Å². The van der Waals surface area contributed by atoms with Crippen molar-refractivity contribution < 1.29 is 32.9 Å². The number of hydrogen-bond donors (Lipinski definition) is 2. The number of nitrogens with one attached hydrogen (secondary N) is 1. The predicted octanol–water partition coefficient (Wildman–Crippen LogP) is 18.9. The van der Waals surface area contributed by atoms with Crippen molar-refractivity contribution in [3.8, 4) is 0 Å². The number of aliphatic hydroxyl groups is 1. The maximum Gasteiger partial charge on any atom is 0.268 e. The number of hydrogen-bond acceptors (Lipinski definition) is 6. The van der Waals surface area contributed by atoms with Crippen LogP contribution < -0.4 is 10.2 Å². The fourth-order valence-electron chi connectivity index (χ4n) is 9.30. The minimum Gasteiger partial charge on any atom is -0.756 e. The lowest BCUT2D eigenvalue weighted by Crippen LogP contribution is -2.45. The van der Waals surface area contributed by atoms with Crippen LogP contribution in [0.4, 0.5) is 0 Å². The lowest BCUT2D eigenvalue weighted by Gasteiger charge is -2.29. The second kappa shape index (κ2) is 55.2. The Labute approximate surface area is 454 Å². The molecule has 3 unspecified atom stereocenters. The van der Waals surface area contributed by atoms with Crippen LogP contribution in [-0.4, -0.2) is 68.5 Å². The molecule has 0 spiro atoms. The van der Waals surface area contributed by atoms with E-state index in [0.29, 0.717) is 17.4 Å². The number of phosphoric acid groups is 1. The van der Waals surface area contributed by atoms with E-state index in [9.17, 15) is 19.4 Å². The van der Waals surface area contributed by atoms with Crippen LogP contribution in [0, 0.1) is 0 Å². The first kappa shape index (κ1) is 71.5. The number of carbonyl (C=O) groups excluding carboxylic acids is 1. The Hall–Kier alpha value is -1.54. The number of phosphoric ester groups is 1. The third-order valence-electron chi connectivity index (χ3n) is 14.2. The fourth-order valence-corrected chi connectivity index (χ4v) is 10.0. The Kier molecular flexibility index (Phi) is 54.1. The molecule has 0 aromatic carbocycles. The van der Waals surface area contributed by atoms with Crippen LogP contribution in [0.2, 0.25) is 0 Å². The number of quaternary nitrogens is 1. The molecule has 0 fully saturated rings. The van der Waals surface area contributed by atoms with Crippen molar-refractivity contribution in [2.75, 3.05) is 40.9 Å². The van der Waals surface area contributed by atoms with Gasteiger partial charge >= 0.3 is 0 Å². The predicted molar refractivity (Wildman–Crippen MR) is 316 cm³/mol. The van der Waals surface area contributed by atoms with E-state index in [1.807, 2.05) is 27.2 Å². The quantitative estimate of drug-likeness (QED) is 0.0272. The number of allylic oxidation sites excluding steroid dienone is 7. The highest BCUT2D eigenvalue weighted by Crippen LogP contribution is 2.38. The number of nitrogens with zero attached hydrogens (tertiary/aromatic N) is 1. The number of carbonyl (C=O) groups is 1. The Balaban J connectivity index is 4.17. The van der Waals surface area contributed by atoms with E-state index < -0.39 is 26.6 Å². The molecule has 0 aromatic heterocycles. The highest BCUT2D eigenvalue weighted by molar-refractivity contribution is 7.45. The van der Waals surface area contributed by atoms with Crippen LogP contribution in [-0.2, 0) is 18.4 Å². The third kappa shape index (κ3) is 58.0. The maximum absolute atomic E-state index is 13.0. The summed E-state index contributed by atoms with van der Waals surface area (Å²) in [6.45, 7) is 4.65. The number of rotatable bonds is 58. The Morgan fingerprint density at radius 3 is 1.11 bits per heavy atom. The molecule has 1 amide bonds. The van der Waals surface area contributed by atoms with E-state index in [0.717, 1.165) is 44.9 Å². The van der Waals surface area contributed by atoms with E-state index >= 15 is 0 Å². The van der Waals surface area contributed by atoms with Gasteiger partial charge in [-0.3, -0.25) is 9.36 Å².